The second kappa shape index (κ2) is 3.13. The summed E-state index contributed by atoms with van der Waals surface area (Å²) < 4.78 is 0. The molecule has 0 aliphatic carbocycles. The molecule has 1 aromatic rings. The second-order valence-corrected chi connectivity index (χ2v) is 3.52. The Morgan fingerprint density at radius 3 is 3.00 bits per heavy atom. The van der Waals surface area contributed by atoms with Gasteiger partial charge in [0.05, 0.1) is 0 Å². The largest absolute Gasteiger partial charge is 0.302 e. The molecule has 3 heteroatoms. The first-order chi connectivity index (χ1) is 4.34. The minimum Gasteiger partial charge on any atom is -0.302 e. The first-order valence-corrected chi connectivity index (χ1v) is 4.27. The van der Waals surface area contributed by atoms with Crippen LogP contribution in [0.5, 0.6) is 0 Å². The van der Waals surface area contributed by atoms with Crippen molar-refractivity contribution < 1.29 is 4.79 Å². The van der Waals surface area contributed by atoms with E-state index in [0.29, 0.717) is 0 Å². The molecular formula is C6H5BrOS. The first kappa shape index (κ1) is 6.96. The second-order valence-electron chi connectivity index (χ2n) is 1.55. The van der Waals surface area contributed by atoms with E-state index in [1.807, 2.05) is 17.5 Å². The van der Waals surface area contributed by atoms with Crippen LogP contribution >= 0.6 is 27.3 Å². The van der Waals surface area contributed by atoms with Crippen LogP contribution in [0.3, 0.4) is 0 Å². The summed E-state index contributed by atoms with van der Waals surface area (Å²) in [5.41, 5.74) is 0. The van der Waals surface area contributed by atoms with Crippen molar-refractivity contribution in [2.75, 3.05) is 0 Å². The normalized spacial score (nSPS) is 13.0. The third-order valence-corrected chi connectivity index (χ3v) is 2.90. The van der Waals surface area contributed by atoms with Crippen LogP contribution in [0, 0.1) is 0 Å². The molecule has 0 amide bonds. The number of alkyl halides is 1. The molecule has 1 heterocycles. The quantitative estimate of drug-likeness (QED) is 0.535. The Hall–Kier alpha value is -0.150. The van der Waals surface area contributed by atoms with Gasteiger partial charge in [-0.2, -0.15) is 0 Å². The van der Waals surface area contributed by atoms with Crippen LogP contribution in [-0.2, 0) is 4.79 Å². The van der Waals surface area contributed by atoms with Gasteiger partial charge in [0, 0.05) is 4.88 Å². The van der Waals surface area contributed by atoms with E-state index in [4.69, 9.17) is 0 Å². The van der Waals surface area contributed by atoms with Crippen molar-refractivity contribution in [3.05, 3.63) is 22.4 Å². The van der Waals surface area contributed by atoms with Gasteiger partial charge in [-0.15, -0.1) is 11.3 Å². The SMILES string of the molecule is O=C[C@H](Br)c1cccs1. The number of halogens is 1. The molecule has 0 aliphatic heterocycles. The van der Waals surface area contributed by atoms with E-state index in [1.165, 1.54) is 0 Å². The lowest BCUT2D eigenvalue weighted by atomic mass is 10.4. The molecule has 0 unspecified atom stereocenters. The lowest BCUT2D eigenvalue weighted by Crippen LogP contribution is -1.83. The molecule has 0 aromatic carbocycles. The van der Waals surface area contributed by atoms with Crippen molar-refractivity contribution in [2.24, 2.45) is 0 Å². The zero-order chi connectivity index (χ0) is 6.69. The predicted octanol–water partition coefficient (Wildman–Crippen LogP) is 2.38. The van der Waals surface area contributed by atoms with Crippen molar-refractivity contribution in [2.45, 2.75) is 4.83 Å². The molecule has 1 atom stereocenters. The van der Waals surface area contributed by atoms with Gasteiger partial charge in [0.15, 0.2) is 0 Å². The summed E-state index contributed by atoms with van der Waals surface area (Å²) in [5.74, 6) is 0. The van der Waals surface area contributed by atoms with Crippen molar-refractivity contribution in [3.63, 3.8) is 0 Å². The van der Waals surface area contributed by atoms with Crippen LogP contribution in [0.1, 0.15) is 9.70 Å². The van der Waals surface area contributed by atoms with E-state index in [9.17, 15) is 4.79 Å². The molecule has 0 fully saturated rings. The minimum atomic E-state index is -0.113. The van der Waals surface area contributed by atoms with Crippen LogP contribution in [0.15, 0.2) is 17.5 Å². The van der Waals surface area contributed by atoms with E-state index < -0.39 is 0 Å². The van der Waals surface area contributed by atoms with Gasteiger partial charge in [-0.25, -0.2) is 0 Å². The number of aldehydes is 1. The van der Waals surface area contributed by atoms with E-state index >= 15 is 0 Å². The molecule has 1 nitrogen and oxygen atoms in total. The lowest BCUT2D eigenvalue weighted by Gasteiger charge is -1.92. The highest BCUT2D eigenvalue weighted by atomic mass is 79.9. The smallest absolute Gasteiger partial charge is 0.138 e. The zero-order valence-corrected chi connectivity index (χ0v) is 6.98. The minimum absolute atomic E-state index is 0.113. The van der Waals surface area contributed by atoms with Crippen molar-refractivity contribution in [1.82, 2.24) is 0 Å². The third-order valence-electron chi connectivity index (χ3n) is 0.934. The summed E-state index contributed by atoms with van der Waals surface area (Å²) in [4.78, 5) is 11.1. The van der Waals surface area contributed by atoms with Gasteiger partial charge in [-0.05, 0) is 11.4 Å². The number of hydrogen-bond donors (Lipinski definition) is 0. The van der Waals surface area contributed by atoms with Gasteiger partial charge in [-0.3, -0.25) is 0 Å². The van der Waals surface area contributed by atoms with Gasteiger partial charge in [-0.1, -0.05) is 22.0 Å². The molecule has 0 aliphatic rings. The number of hydrogen-bond acceptors (Lipinski definition) is 2. The van der Waals surface area contributed by atoms with Crippen LogP contribution in [0.25, 0.3) is 0 Å². The summed E-state index contributed by atoms with van der Waals surface area (Å²) in [6.07, 6.45) is 0.881. The third kappa shape index (κ3) is 1.63. The van der Waals surface area contributed by atoms with E-state index in [0.717, 1.165) is 11.2 Å². The zero-order valence-electron chi connectivity index (χ0n) is 4.58. The molecule has 0 bridgehead atoms. The topological polar surface area (TPSA) is 17.1 Å². The highest BCUT2D eigenvalue weighted by Crippen LogP contribution is 2.23. The van der Waals surface area contributed by atoms with Crippen LogP contribution < -0.4 is 0 Å². The lowest BCUT2D eigenvalue weighted by molar-refractivity contribution is -0.107. The molecule has 0 saturated heterocycles. The van der Waals surface area contributed by atoms with Crippen LogP contribution in [0.4, 0.5) is 0 Å². The molecule has 1 aromatic heterocycles. The Morgan fingerprint density at radius 2 is 2.56 bits per heavy atom. The number of thiophene rings is 1. The number of carbonyl (C=O) groups is 1. The van der Waals surface area contributed by atoms with E-state index in [-0.39, 0.29) is 4.83 Å². The van der Waals surface area contributed by atoms with Crippen LogP contribution in [0.2, 0.25) is 0 Å². The predicted molar refractivity (Wildman–Crippen MR) is 42.1 cm³/mol. The Kier molecular flexibility index (Phi) is 2.42. The monoisotopic (exact) mass is 204 g/mol. The van der Waals surface area contributed by atoms with Gasteiger partial charge in [0.2, 0.25) is 0 Å². The first-order valence-electron chi connectivity index (χ1n) is 2.47. The maximum absolute atomic E-state index is 10.2. The Balaban J connectivity index is 2.76. The summed E-state index contributed by atoms with van der Waals surface area (Å²) in [7, 11) is 0. The average molecular weight is 205 g/mol. The van der Waals surface area contributed by atoms with E-state index in [2.05, 4.69) is 15.9 Å². The van der Waals surface area contributed by atoms with Crippen molar-refractivity contribution in [3.8, 4) is 0 Å². The Bertz CT molecular complexity index is 183. The van der Waals surface area contributed by atoms with Gasteiger partial charge < -0.3 is 4.79 Å². The Morgan fingerprint density at radius 1 is 1.78 bits per heavy atom. The molecule has 0 radical (unpaired) electrons. The fourth-order valence-electron chi connectivity index (χ4n) is 0.515. The fourth-order valence-corrected chi connectivity index (χ4v) is 1.65. The molecule has 9 heavy (non-hydrogen) atoms. The number of carbonyl (C=O) groups excluding carboxylic acids is 1. The molecule has 0 saturated carbocycles. The average Bonchev–Trinajstić information content (AvgIpc) is 2.37. The summed E-state index contributed by atoms with van der Waals surface area (Å²) in [6, 6.07) is 3.86. The van der Waals surface area contributed by atoms with Crippen molar-refractivity contribution >= 4 is 33.6 Å². The summed E-state index contributed by atoms with van der Waals surface area (Å²) >= 11 is 4.78. The Labute approximate surface area is 65.8 Å². The highest BCUT2D eigenvalue weighted by Gasteiger charge is 2.04. The molecule has 0 spiro atoms. The molecule has 48 valence electrons. The molecular weight excluding hydrogens is 200 g/mol. The molecule has 1 rings (SSSR count). The maximum atomic E-state index is 10.2. The maximum Gasteiger partial charge on any atom is 0.138 e. The summed E-state index contributed by atoms with van der Waals surface area (Å²) in [6.45, 7) is 0. The van der Waals surface area contributed by atoms with Gasteiger partial charge >= 0.3 is 0 Å². The molecule has 0 N–H and O–H groups in total. The number of rotatable bonds is 2. The van der Waals surface area contributed by atoms with E-state index in [1.54, 1.807) is 11.3 Å². The van der Waals surface area contributed by atoms with Crippen molar-refractivity contribution in [1.29, 1.82) is 0 Å². The van der Waals surface area contributed by atoms with Gasteiger partial charge in [0.1, 0.15) is 11.1 Å². The fraction of sp³-hybridized carbons (Fsp3) is 0.167. The standard InChI is InChI=1S/C6H5BrOS/c7-5(4-8)6-2-1-3-9-6/h1-5H/t5-/m0/s1. The highest BCUT2D eigenvalue weighted by molar-refractivity contribution is 9.09. The van der Waals surface area contributed by atoms with Gasteiger partial charge in [0.25, 0.3) is 0 Å². The summed E-state index contributed by atoms with van der Waals surface area (Å²) in [5, 5.41) is 1.95. The van der Waals surface area contributed by atoms with Crippen LogP contribution in [-0.4, -0.2) is 6.29 Å².